The summed E-state index contributed by atoms with van der Waals surface area (Å²) in [4.78, 5) is 4.33. The zero-order chi connectivity index (χ0) is 14.2. The second-order valence-electron chi connectivity index (χ2n) is 4.74. The Morgan fingerprint density at radius 1 is 1.20 bits per heavy atom. The van der Waals surface area contributed by atoms with Crippen LogP contribution in [0, 0.1) is 0 Å². The highest BCUT2D eigenvalue weighted by Crippen LogP contribution is 2.23. The quantitative estimate of drug-likeness (QED) is 0.803. The molecule has 1 heterocycles. The van der Waals surface area contributed by atoms with E-state index in [0.29, 0.717) is 13.2 Å². The lowest BCUT2D eigenvalue weighted by Gasteiger charge is -2.18. The fraction of sp³-hybridized carbons (Fsp3) is 0.438. The predicted octanol–water partition coefficient (Wildman–Crippen LogP) is 2.63. The molecule has 0 saturated heterocycles. The minimum atomic E-state index is 0.201. The molecule has 0 aliphatic rings. The molecular weight excluding hydrogens is 252 g/mol. The number of ether oxygens (including phenoxy) is 2. The molecule has 4 nitrogen and oxygen atoms in total. The van der Waals surface area contributed by atoms with Crippen molar-refractivity contribution in [3.63, 3.8) is 0 Å². The first-order chi connectivity index (χ1) is 9.85. The standard InChI is InChI=1S/C16H22N2O2/c1-3-9-17-13(11-19-2)12-20-16-8-4-7-15-14(16)6-5-10-18-15/h4-8,10,13,17H,3,9,11-12H2,1-2H3. The number of fused-ring (bicyclic) bond motifs is 1. The molecule has 1 aromatic heterocycles. The summed E-state index contributed by atoms with van der Waals surface area (Å²) in [5, 5.41) is 4.47. The molecule has 0 aliphatic heterocycles. The van der Waals surface area contributed by atoms with Crippen molar-refractivity contribution in [2.24, 2.45) is 0 Å². The van der Waals surface area contributed by atoms with Crippen LogP contribution in [0.3, 0.4) is 0 Å². The number of benzene rings is 1. The van der Waals surface area contributed by atoms with Crippen LogP contribution < -0.4 is 10.1 Å². The van der Waals surface area contributed by atoms with Crippen LogP contribution in [-0.2, 0) is 4.74 Å². The first-order valence-electron chi connectivity index (χ1n) is 7.04. The maximum Gasteiger partial charge on any atom is 0.128 e. The Hall–Kier alpha value is -1.65. The van der Waals surface area contributed by atoms with Crippen molar-refractivity contribution < 1.29 is 9.47 Å². The molecular formula is C16H22N2O2. The molecule has 0 amide bonds. The van der Waals surface area contributed by atoms with Gasteiger partial charge >= 0.3 is 0 Å². The number of hydrogen-bond donors (Lipinski definition) is 1. The van der Waals surface area contributed by atoms with Gasteiger partial charge in [0.2, 0.25) is 0 Å². The van der Waals surface area contributed by atoms with Crippen LogP contribution >= 0.6 is 0 Å². The van der Waals surface area contributed by atoms with Gasteiger partial charge in [0, 0.05) is 18.7 Å². The summed E-state index contributed by atoms with van der Waals surface area (Å²) in [7, 11) is 1.71. The zero-order valence-electron chi connectivity index (χ0n) is 12.1. The highest BCUT2D eigenvalue weighted by Gasteiger charge is 2.09. The number of nitrogens with one attached hydrogen (secondary N) is 1. The van der Waals surface area contributed by atoms with Gasteiger partial charge in [-0.3, -0.25) is 4.98 Å². The van der Waals surface area contributed by atoms with Crippen molar-refractivity contribution >= 4 is 10.9 Å². The third-order valence-corrected chi connectivity index (χ3v) is 3.10. The topological polar surface area (TPSA) is 43.4 Å². The van der Waals surface area contributed by atoms with Crippen LogP contribution in [0.1, 0.15) is 13.3 Å². The lowest BCUT2D eigenvalue weighted by molar-refractivity contribution is 0.136. The molecule has 0 spiro atoms. The molecule has 0 fully saturated rings. The van der Waals surface area contributed by atoms with E-state index in [0.717, 1.165) is 29.6 Å². The molecule has 0 aliphatic carbocycles. The van der Waals surface area contributed by atoms with Gasteiger partial charge in [0.1, 0.15) is 12.4 Å². The van der Waals surface area contributed by atoms with Crippen molar-refractivity contribution in [2.45, 2.75) is 19.4 Å². The van der Waals surface area contributed by atoms with Crippen molar-refractivity contribution in [3.05, 3.63) is 36.5 Å². The minimum Gasteiger partial charge on any atom is -0.491 e. The molecule has 0 bridgehead atoms. The van der Waals surface area contributed by atoms with Crippen LogP contribution in [0.25, 0.3) is 10.9 Å². The van der Waals surface area contributed by atoms with Crippen LogP contribution in [0.5, 0.6) is 5.75 Å². The number of nitrogens with zero attached hydrogens (tertiary/aromatic N) is 1. The van der Waals surface area contributed by atoms with Crippen LogP contribution in [0.4, 0.5) is 0 Å². The van der Waals surface area contributed by atoms with Crippen molar-refractivity contribution in [2.75, 3.05) is 26.9 Å². The normalized spacial score (nSPS) is 12.5. The average molecular weight is 274 g/mol. The number of aromatic nitrogens is 1. The fourth-order valence-electron chi connectivity index (χ4n) is 2.11. The molecule has 0 saturated carbocycles. The Labute approximate surface area is 120 Å². The first-order valence-corrected chi connectivity index (χ1v) is 7.04. The highest BCUT2D eigenvalue weighted by atomic mass is 16.5. The SMILES string of the molecule is CCCNC(COC)COc1cccc2ncccc12. The largest absolute Gasteiger partial charge is 0.491 e. The summed E-state index contributed by atoms with van der Waals surface area (Å²) in [6.45, 7) is 4.34. The third kappa shape index (κ3) is 3.92. The summed E-state index contributed by atoms with van der Waals surface area (Å²) in [5.74, 6) is 0.870. The van der Waals surface area contributed by atoms with Gasteiger partial charge in [0.15, 0.2) is 0 Å². The molecule has 1 aromatic carbocycles. The number of pyridine rings is 1. The van der Waals surface area contributed by atoms with Gasteiger partial charge in [0.05, 0.1) is 18.2 Å². The van der Waals surface area contributed by atoms with E-state index in [-0.39, 0.29) is 6.04 Å². The maximum atomic E-state index is 5.95. The molecule has 108 valence electrons. The van der Waals surface area contributed by atoms with E-state index < -0.39 is 0 Å². The van der Waals surface area contributed by atoms with Gasteiger partial charge in [-0.05, 0) is 37.2 Å². The summed E-state index contributed by atoms with van der Waals surface area (Å²) >= 11 is 0. The van der Waals surface area contributed by atoms with Crippen molar-refractivity contribution in [1.29, 1.82) is 0 Å². The third-order valence-electron chi connectivity index (χ3n) is 3.10. The smallest absolute Gasteiger partial charge is 0.128 e. The molecule has 1 unspecified atom stereocenters. The van der Waals surface area contributed by atoms with E-state index >= 15 is 0 Å². The van der Waals surface area contributed by atoms with E-state index in [1.54, 1.807) is 13.3 Å². The fourth-order valence-corrected chi connectivity index (χ4v) is 2.11. The molecule has 2 rings (SSSR count). The summed E-state index contributed by atoms with van der Waals surface area (Å²) in [5.41, 5.74) is 0.954. The monoisotopic (exact) mass is 274 g/mol. The molecule has 1 N–H and O–H groups in total. The van der Waals surface area contributed by atoms with E-state index in [4.69, 9.17) is 9.47 Å². The van der Waals surface area contributed by atoms with Gasteiger partial charge in [0.25, 0.3) is 0 Å². The van der Waals surface area contributed by atoms with Crippen molar-refractivity contribution in [1.82, 2.24) is 10.3 Å². The van der Waals surface area contributed by atoms with Crippen LogP contribution in [0.15, 0.2) is 36.5 Å². The van der Waals surface area contributed by atoms with Crippen molar-refractivity contribution in [3.8, 4) is 5.75 Å². The number of methoxy groups -OCH3 is 1. The Morgan fingerprint density at radius 3 is 2.90 bits per heavy atom. The Morgan fingerprint density at radius 2 is 2.10 bits per heavy atom. The lowest BCUT2D eigenvalue weighted by Crippen LogP contribution is -2.38. The molecule has 1 atom stereocenters. The first kappa shape index (κ1) is 14.8. The van der Waals surface area contributed by atoms with Gasteiger partial charge in [-0.2, -0.15) is 0 Å². The summed E-state index contributed by atoms with van der Waals surface area (Å²) < 4.78 is 11.2. The van der Waals surface area contributed by atoms with E-state index in [1.807, 2.05) is 30.3 Å². The zero-order valence-corrected chi connectivity index (χ0v) is 12.1. The van der Waals surface area contributed by atoms with E-state index in [2.05, 4.69) is 17.2 Å². The lowest BCUT2D eigenvalue weighted by atomic mass is 10.2. The van der Waals surface area contributed by atoms with E-state index in [1.165, 1.54) is 0 Å². The van der Waals surface area contributed by atoms with Crippen LogP contribution in [0.2, 0.25) is 0 Å². The minimum absolute atomic E-state index is 0.201. The average Bonchev–Trinajstić information content (AvgIpc) is 2.50. The maximum absolute atomic E-state index is 5.95. The summed E-state index contributed by atoms with van der Waals surface area (Å²) in [6.07, 6.45) is 2.89. The predicted molar refractivity (Wildman–Crippen MR) is 81.2 cm³/mol. The number of rotatable bonds is 8. The number of hydrogen-bond acceptors (Lipinski definition) is 4. The molecule has 4 heteroatoms. The summed E-state index contributed by atoms with van der Waals surface area (Å²) in [6, 6.07) is 10.1. The van der Waals surface area contributed by atoms with Gasteiger partial charge in [-0.1, -0.05) is 13.0 Å². The van der Waals surface area contributed by atoms with Gasteiger partial charge in [-0.15, -0.1) is 0 Å². The Bertz CT molecular complexity index is 525. The Kier molecular flexibility index (Phi) is 5.77. The van der Waals surface area contributed by atoms with Gasteiger partial charge in [-0.25, -0.2) is 0 Å². The second kappa shape index (κ2) is 7.82. The van der Waals surface area contributed by atoms with Crippen LogP contribution in [-0.4, -0.2) is 37.9 Å². The molecule has 0 radical (unpaired) electrons. The van der Waals surface area contributed by atoms with Gasteiger partial charge < -0.3 is 14.8 Å². The van der Waals surface area contributed by atoms with E-state index in [9.17, 15) is 0 Å². The molecule has 2 aromatic rings. The highest BCUT2D eigenvalue weighted by molar-refractivity contribution is 5.84. The second-order valence-corrected chi connectivity index (χ2v) is 4.74. The Balaban J connectivity index is 2.03. The molecule has 20 heavy (non-hydrogen) atoms.